The van der Waals surface area contributed by atoms with Gasteiger partial charge in [-0.05, 0) is 19.4 Å². The molecule has 1 aliphatic rings. The number of benzene rings is 1. The molecule has 9 heteroatoms. The van der Waals surface area contributed by atoms with Gasteiger partial charge in [0.05, 0.1) is 29.6 Å². The fourth-order valence-electron chi connectivity index (χ4n) is 3.82. The van der Waals surface area contributed by atoms with E-state index in [9.17, 15) is 14.4 Å². The van der Waals surface area contributed by atoms with Crippen LogP contribution in [0.5, 0.6) is 0 Å². The Bertz CT molecular complexity index is 1170. The third-order valence-electron chi connectivity index (χ3n) is 5.30. The van der Waals surface area contributed by atoms with Crippen LogP contribution in [-0.2, 0) is 29.6 Å². The second-order valence-electron chi connectivity index (χ2n) is 7.31. The first-order valence-electron chi connectivity index (χ1n) is 9.69. The predicted octanol–water partition coefficient (Wildman–Crippen LogP) is 2.43. The van der Waals surface area contributed by atoms with Crippen LogP contribution in [0.4, 0.5) is 0 Å². The lowest BCUT2D eigenvalue weighted by Crippen LogP contribution is -2.37. The van der Waals surface area contributed by atoms with Crippen LogP contribution in [0.3, 0.4) is 0 Å². The molecule has 0 bridgehead atoms. The van der Waals surface area contributed by atoms with E-state index >= 15 is 0 Å². The van der Waals surface area contributed by atoms with E-state index in [1.165, 1.54) is 11.1 Å². The number of fused-ring (bicyclic) bond motifs is 3. The molecule has 3 N–H and O–H groups in total. The Morgan fingerprint density at radius 1 is 1.19 bits per heavy atom. The van der Waals surface area contributed by atoms with Crippen LogP contribution in [0.1, 0.15) is 33.0 Å². The van der Waals surface area contributed by atoms with Gasteiger partial charge in [0.25, 0.3) is 5.91 Å². The molecule has 0 saturated carbocycles. The smallest absolute Gasteiger partial charge is 0.328 e. The van der Waals surface area contributed by atoms with Gasteiger partial charge in [0.1, 0.15) is 0 Å². The number of imidazole rings is 1. The number of nitrogens with zero attached hydrogens (tertiary/aromatic N) is 3. The van der Waals surface area contributed by atoms with Gasteiger partial charge in [-0.25, -0.2) is 14.6 Å². The van der Waals surface area contributed by atoms with Crippen molar-refractivity contribution in [2.45, 2.75) is 26.8 Å². The van der Waals surface area contributed by atoms with Gasteiger partial charge in [-0.3, -0.25) is 4.79 Å². The van der Waals surface area contributed by atoms with E-state index in [-0.39, 0.29) is 5.91 Å². The molecule has 3 aromatic rings. The van der Waals surface area contributed by atoms with Gasteiger partial charge in [0.15, 0.2) is 0 Å². The van der Waals surface area contributed by atoms with Crippen molar-refractivity contribution in [3.05, 3.63) is 64.9 Å². The van der Waals surface area contributed by atoms with E-state index in [0.29, 0.717) is 18.7 Å². The molecule has 3 heterocycles. The average Bonchev–Trinajstić information content (AvgIpc) is 3.25. The number of amides is 1. The van der Waals surface area contributed by atoms with Crippen molar-refractivity contribution in [3.8, 4) is 0 Å². The van der Waals surface area contributed by atoms with Crippen LogP contribution >= 0.6 is 0 Å². The number of H-pyrrole nitrogens is 1. The number of aromatic amines is 1. The first-order chi connectivity index (χ1) is 14.7. The van der Waals surface area contributed by atoms with Gasteiger partial charge in [0.2, 0.25) is 0 Å². The van der Waals surface area contributed by atoms with Crippen LogP contribution in [0.2, 0.25) is 0 Å². The predicted molar refractivity (Wildman–Crippen MR) is 114 cm³/mol. The Kier molecular flexibility index (Phi) is 6.24. The van der Waals surface area contributed by atoms with Gasteiger partial charge >= 0.3 is 11.9 Å². The third-order valence-corrected chi connectivity index (χ3v) is 5.30. The van der Waals surface area contributed by atoms with Crippen molar-refractivity contribution in [3.63, 3.8) is 0 Å². The zero-order valence-electron chi connectivity index (χ0n) is 17.5. The standard InChI is InChI=1S/C18H20N4O.C4H4O4/c1-11-5-4-6-13-16-15(21(3)17(11)13)7-8-22(18(16)23)9-14-12(2)19-10-20-14;5-3(6)1-2-4(7)8/h4-6,10H,7-9H2,1-3H3,(H,19,20);1-2H,(H,5,6)(H,7,8). The monoisotopic (exact) mass is 424 g/mol. The number of para-hydroxylation sites is 1. The first kappa shape index (κ1) is 21.8. The summed E-state index contributed by atoms with van der Waals surface area (Å²) >= 11 is 0. The maximum absolute atomic E-state index is 13.1. The lowest BCUT2D eigenvalue weighted by atomic mass is 10.0. The van der Waals surface area contributed by atoms with Crippen molar-refractivity contribution >= 4 is 28.7 Å². The maximum Gasteiger partial charge on any atom is 0.328 e. The number of carboxylic acid groups (broad SMARTS) is 2. The molecule has 1 aliphatic heterocycles. The van der Waals surface area contributed by atoms with Crippen molar-refractivity contribution in [1.29, 1.82) is 0 Å². The fraction of sp³-hybridized carbons (Fsp3) is 0.273. The molecule has 0 saturated heterocycles. The van der Waals surface area contributed by atoms with Gasteiger partial charge in [0, 0.05) is 48.9 Å². The summed E-state index contributed by atoms with van der Waals surface area (Å²) in [7, 11) is 2.06. The molecule has 0 spiro atoms. The Hall–Kier alpha value is -3.88. The summed E-state index contributed by atoms with van der Waals surface area (Å²) in [6.07, 6.45) is 3.69. The highest BCUT2D eigenvalue weighted by Crippen LogP contribution is 2.32. The normalized spacial score (nSPS) is 13.3. The Morgan fingerprint density at radius 2 is 1.87 bits per heavy atom. The summed E-state index contributed by atoms with van der Waals surface area (Å²) in [6, 6.07) is 6.19. The number of hydrogen-bond donors (Lipinski definition) is 3. The summed E-state index contributed by atoms with van der Waals surface area (Å²) in [5, 5.41) is 16.7. The third kappa shape index (κ3) is 4.50. The van der Waals surface area contributed by atoms with Crippen LogP contribution in [0.15, 0.2) is 36.7 Å². The molecule has 1 aromatic carbocycles. The number of nitrogens with one attached hydrogen (secondary N) is 1. The van der Waals surface area contributed by atoms with Crippen LogP contribution in [-0.4, -0.2) is 54.0 Å². The SMILES string of the molecule is Cc1[nH]cnc1CN1CCc2c(c3cccc(C)c3n2C)C1=O.O=C(O)C=CC(=O)O. The zero-order valence-corrected chi connectivity index (χ0v) is 17.5. The topological polar surface area (TPSA) is 129 Å². The molecule has 9 nitrogen and oxygen atoms in total. The second-order valence-corrected chi connectivity index (χ2v) is 7.31. The van der Waals surface area contributed by atoms with E-state index < -0.39 is 11.9 Å². The number of hydrogen-bond acceptors (Lipinski definition) is 4. The second kappa shape index (κ2) is 8.86. The summed E-state index contributed by atoms with van der Waals surface area (Å²) < 4.78 is 2.19. The number of carbonyl (C=O) groups is 3. The molecule has 0 unspecified atom stereocenters. The molecule has 0 aliphatic carbocycles. The Labute approximate surface area is 178 Å². The molecule has 0 radical (unpaired) electrons. The molecule has 2 aromatic heterocycles. The number of aryl methyl sites for hydroxylation is 3. The molecule has 0 atom stereocenters. The summed E-state index contributed by atoms with van der Waals surface area (Å²) in [4.78, 5) is 41.5. The first-order valence-corrected chi connectivity index (χ1v) is 9.69. The molecule has 1 amide bonds. The van der Waals surface area contributed by atoms with Crippen LogP contribution in [0, 0.1) is 13.8 Å². The number of aromatic nitrogens is 3. The highest BCUT2D eigenvalue weighted by molar-refractivity contribution is 6.09. The van der Waals surface area contributed by atoms with Crippen molar-refractivity contribution in [2.75, 3.05) is 6.54 Å². The average molecular weight is 424 g/mol. The van der Waals surface area contributed by atoms with E-state index in [4.69, 9.17) is 10.2 Å². The maximum atomic E-state index is 13.1. The Morgan fingerprint density at radius 3 is 2.45 bits per heavy atom. The van der Waals surface area contributed by atoms with Crippen LogP contribution in [0.25, 0.3) is 10.9 Å². The number of carbonyl (C=O) groups excluding carboxylic acids is 1. The van der Waals surface area contributed by atoms with Crippen molar-refractivity contribution in [1.82, 2.24) is 19.4 Å². The largest absolute Gasteiger partial charge is 0.478 e. The summed E-state index contributed by atoms with van der Waals surface area (Å²) in [6.45, 7) is 5.39. The number of aliphatic carboxylic acids is 2. The van der Waals surface area contributed by atoms with E-state index in [1.54, 1.807) is 6.33 Å². The lowest BCUT2D eigenvalue weighted by Gasteiger charge is -2.27. The van der Waals surface area contributed by atoms with Gasteiger partial charge in [-0.1, -0.05) is 18.2 Å². The molecular weight excluding hydrogens is 400 g/mol. The summed E-state index contributed by atoms with van der Waals surface area (Å²) in [5.74, 6) is -2.40. The fourth-order valence-corrected chi connectivity index (χ4v) is 3.82. The van der Waals surface area contributed by atoms with Crippen molar-refractivity contribution < 1.29 is 24.6 Å². The minimum absolute atomic E-state index is 0.116. The number of carboxylic acids is 2. The van der Waals surface area contributed by atoms with E-state index in [2.05, 4.69) is 40.6 Å². The summed E-state index contributed by atoms with van der Waals surface area (Å²) in [5.41, 5.74) is 6.36. The number of rotatable bonds is 4. The Balaban J connectivity index is 0.000000293. The molecule has 4 rings (SSSR count). The van der Waals surface area contributed by atoms with Crippen LogP contribution < -0.4 is 0 Å². The van der Waals surface area contributed by atoms with E-state index in [1.807, 2.05) is 17.9 Å². The highest BCUT2D eigenvalue weighted by Gasteiger charge is 2.30. The van der Waals surface area contributed by atoms with Gasteiger partial charge in [-0.2, -0.15) is 0 Å². The minimum atomic E-state index is -1.26. The quantitative estimate of drug-likeness (QED) is 0.552. The zero-order chi connectivity index (χ0) is 22.7. The molecule has 162 valence electrons. The molecule has 31 heavy (non-hydrogen) atoms. The van der Waals surface area contributed by atoms with Gasteiger partial charge in [-0.15, -0.1) is 0 Å². The van der Waals surface area contributed by atoms with E-state index in [0.717, 1.165) is 41.0 Å². The molecular formula is C22H24N4O5. The van der Waals surface area contributed by atoms with Crippen molar-refractivity contribution in [2.24, 2.45) is 7.05 Å². The van der Waals surface area contributed by atoms with Gasteiger partial charge < -0.3 is 24.7 Å². The molecule has 0 fully saturated rings. The lowest BCUT2D eigenvalue weighted by molar-refractivity contribution is -0.134. The minimum Gasteiger partial charge on any atom is -0.478 e. The highest BCUT2D eigenvalue weighted by atomic mass is 16.4.